The number of ether oxygens (including phenoxy) is 1. The molecule has 0 aromatic heterocycles. The summed E-state index contributed by atoms with van der Waals surface area (Å²) in [7, 11) is 0. The number of primary amides is 1. The van der Waals surface area contributed by atoms with Crippen molar-refractivity contribution in [2.24, 2.45) is 5.73 Å². The van der Waals surface area contributed by atoms with Gasteiger partial charge in [-0.2, -0.15) is 0 Å². The molecule has 0 radical (unpaired) electrons. The minimum Gasteiger partial charge on any atom is -0.457 e. The maximum Gasteiger partial charge on any atom is 0.253 e. The Balaban J connectivity index is 1.30. The normalized spacial score (nSPS) is 14.2. The lowest BCUT2D eigenvalue weighted by Crippen LogP contribution is -2.48. The van der Waals surface area contributed by atoms with Gasteiger partial charge in [-0.1, -0.05) is 23.7 Å². The van der Waals surface area contributed by atoms with Gasteiger partial charge < -0.3 is 15.4 Å². The van der Waals surface area contributed by atoms with E-state index in [4.69, 9.17) is 22.1 Å². The van der Waals surface area contributed by atoms with Crippen molar-refractivity contribution >= 4 is 23.4 Å². The van der Waals surface area contributed by atoms with E-state index in [-0.39, 0.29) is 5.91 Å². The van der Waals surface area contributed by atoms with Crippen LogP contribution < -0.4 is 10.5 Å². The first-order chi connectivity index (χ1) is 15.5. The third-order valence-corrected chi connectivity index (χ3v) is 5.67. The van der Waals surface area contributed by atoms with Gasteiger partial charge in [-0.05, 0) is 66.2 Å². The average Bonchev–Trinajstić information content (AvgIpc) is 2.80. The largest absolute Gasteiger partial charge is 0.457 e. The van der Waals surface area contributed by atoms with E-state index < -0.39 is 5.91 Å². The minimum atomic E-state index is -0.482. The number of carbonyl (C=O) groups excluding carboxylic acids is 2. The fourth-order valence-electron chi connectivity index (χ4n) is 3.67. The average molecular weight is 450 g/mol. The lowest BCUT2D eigenvalue weighted by molar-refractivity contribution is 0.0628. The van der Waals surface area contributed by atoms with Gasteiger partial charge in [0.15, 0.2) is 0 Å². The Morgan fingerprint density at radius 2 is 1.44 bits per heavy atom. The predicted octanol–water partition coefficient (Wildman–Crippen LogP) is 4.19. The van der Waals surface area contributed by atoms with Crippen molar-refractivity contribution in [2.75, 3.05) is 26.2 Å². The Morgan fingerprint density at radius 1 is 0.844 bits per heavy atom. The van der Waals surface area contributed by atoms with Gasteiger partial charge in [-0.25, -0.2) is 0 Å². The molecule has 0 aliphatic carbocycles. The summed E-state index contributed by atoms with van der Waals surface area (Å²) in [6.07, 6.45) is 0. The van der Waals surface area contributed by atoms with Gasteiger partial charge in [-0.3, -0.25) is 14.5 Å². The second-order valence-electron chi connectivity index (χ2n) is 7.71. The van der Waals surface area contributed by atoms with E-state index in [1.165, 1.54) is 5.56 Å². The molecular formula is C25H24ClN3O3. The molecule has 0 bridgehead atoms. The Hall–Kier alpha value is -3.35. The number of nitrogens with zero attached hydrogens (tertiary/aromatic N) is 2. The van der Waals surface area contributed by atoms with Crippen molar-refractivity contribution in [3.05, 3.63) is 94.5 Å². The zero-order valence-corrected chi connectivity index (χ0v) is 18.3. The molecule has 0 spiro atoms. The van der Waals surface area contributed by atoms with Crippen LogP contribution >= 0.6 is 11.6 Å². The standard InChI is InChI=1S/C25H24ClN3O3/c26-21-3-1-2-18(16-21)17-28-12-14-29(15-13-28)25(31)20-6-10-23(11-7-20)32-22-8-4-19(5-9-22)24(27)30/h1-11,16H,12-15,17H2,(H2,27,30). The van der Waals surface area contributed by atoms with E-state index in [0.29, 0.717) is 35.7 Å². The number of hydrogen-bond donors (Lipinski definition) is 1. The molecule has 4 rings (SSSR count). The molecule has 1 fully saturated rings. The number of amides is 2. The van der Waals surface area contributed by atoms with E-state index in [9.17, 15) is 9.59 Å². The number of carbonyl (C=O) groups is 2. The molecular weight excluding hydrogens is 426 g/mol. The molecule has 6 nitrogen and oxygen atoms in total. The number of nitrogens with two attached hydrogens (primary N) is 1. The minimum absolute atomic E-state index is 0.0183. The maximum atomic E-state index is 12.9. The van der Waals surface area contributed by atoms with Crippen LogP contribution in [0.15, 0.2) is 72.8 Å². The van der Waals surface area contributed by atoms with Gasteiger partial charge in [-0.15, -0.1) is 0 Å². The third kappa shape index (κ3) is 5.46. The van der Waals surface area contributed by atoms with E-state index >= 15 is 0 Å². The Labute approximate surface area is 192 Å². The number of piperazine rings is 1. The predicted molar refractivity (Wildman–Crippen MR) is 124 cm³/mol. The van der Waals surface area contributed by atoms with Crippen molar-refractivity contribution in [3.8, 4) is 11.5 Å². The highest BCUT2D eigenvalue weighted by Crippen LogP contribution is 2.23. The highest BCUT2D eigenvalue weighted by Gasteiger charge is 2.22. The number of halogens is 1. The second-order valence-corrected chi connectivity index (χ2v) is 8.15. The van der Waals surface area contributed by atoms with Crippen molar-refractivity contribution in [2.45, 2.75) is 6.54 Å². The molecule has 0 atom stereocenters. The second kappa shape index (κ2) is 9.85. The highest BCUT2D eigenvalue weighted by atomic mass is 35.5. The van der Waals surface area contributed by atoms with Crippen LogP contribution in [0.1, 0.15) is 26.3 Å². The molecule has 2 amide bonds. The summed E-state index contributed by atoms with van der Waals surface area (Å²) >= 11 is 6.07. The third-order valence-electron chi connectivity index (χ3n) is 5.43. The van der Waals surface area contributed by atoms with Gasteiger partial charge in [0.1, 0.15) is 11.5 Å². The van der Waals surface area contributed by atoms with Gasteiger partial charge in [0, 0.05) is 48.9 Å². The molecule has 0 unspecified atom stereocenters. The highest BCUT2D eigenvalue weighted by molar-refractivity contribution is 6.30. The van der Waals surface area contributed by atoms with Crippen LogP contribution in [-0.4, -0.2) is 47.8 Å². The summed E-state index contributed by atoms with van der Waals surface area (Å²) in [5.41, 5.74) is 7.48. The first-order valence-corrected chi connectivity index (χ1v) is 10.8. The Kier molecular flexibility index (Phi) is 6.73. The van der Waals surface area contributed by atoms with E-state index in [1.807, 2.05) is 23.1 Å². The van der Waals surface area contributed by atoms with Crippen LogP contribution in [0.3, 0.4) is 0 Å². The molecule has 1 heterocycles. The molecule has 1 aliphatic heterocycles. The van der Waals surface area contributed by atoms with Crippen LogP contribution in [-0.2, 0) is 6.54 Å². The molecule has 3 aromatic carbocycles. The lowest BCUT2D eigenvalue weighted by atomic mass is 10.1. The van der Waals surface area contributed by atoms with Crippen LogP contribution in [0, 0.1) is 0 Å². The van der Waals surface area contributed by atoms with E-state index in [0.717, 1.165) is 24.7 Å². The van der Waals surface area contributed by atoms with Gasteiger partial charge >= 0.3 is 0 Å². The number of hydrogen-bond acceptors (Lipinski definition) is 4. The summed E-state index contributed by atoms with van der Waals surface area (Å²) in [5, 5.41) is 0.742. The quantitative estimate of drug-likeness (QED) is 0.612. The van der Waals surface area contributed by atoms with Crippen molar-refractivity contribution in [1.29, 1.82) is 0 Å². The molecule has 1 aliphatic rings. The Bertz CT molecular complexity index is 1090. The fraction of sp³-hybridized carbons (Fsp3) is 0.200. The summed E-state index contributed by atoms with van der Waals surface area (Å²) < 4.78 is 5.78. The molecule has 32 heavy (non-hydrogen) atoms. The van der Waals surface area contributed by atoms with Crippen LogP contribution in [0.2, 0.25) is 5.02 Å². The summed E-state index contributed by atoms with van der Waals surface area (Å²) in [6.45, 7) is 3.84. The van der Waals surface area contributed by atoms with Crippen molar-refractivity contribution < 1.29 is 14.3 Å². The number of benzene rings is 3. The molecule has 3 aromatic rings. The first-order valence-electron chi connectivity index (χ1n) is 10.4. The van der Waals surface area contributed by atoms with Gasteiger partial charge in [0.2, 0.25) is 5.91 Å². The van der Waals surface area contributed by atoms with Crippen molar-refractivity contribution in [3.63, 3.8) is 0 Å². The zero-order chi connectivity index (χ0) is 22.5. The lowest BCUT2D eigenvalue weighted by Gasteiger charge is -2.34. The molecule has 2 N–H and O–H groups in total. The molecule has 0 saturated carbocycles. The maximum absolute atomic E-state index is 12.9. The van der Waals surface area contributed by atoms with Crippen LogP contribution in [0.5, 0.6) is 11.5 Å². The Morgan fingerprint density at radius 3 is 2.00 bits per heavy atom. The molecule has 1 saturated heterocycles. The smallest absolute Gasteiger partial charge is 0.253 e. The first kappa shape index (κ1) is 21.9. The van der Waals surface area contributed by atoms with Crippen LogP contribution in [0.4, 0.5) is 0 Å². The van der Waals surface area contributed by atoms with Crippen LogP contribution in [0.25, 0.3) is 0 Å². The summed E-state index contributed by atoms with van der Waals surface area (Å²) in [6, 6.07) is 21.6. The number of rotatable bonds is 6. The van der Waals surface area contributed by atoms with Crippen molar-refractivity contribution in [1.82, 2.24) is 9.80 Å². The SMILES string of the molecule is NC(=O)c1ccc(Oc2ccc(C(=O)N3CCN(Cc4cccc(Cl)c4)CC3)cc2)cc1. The van der Waals surface area contributed by atoms with Gasteiger partial charge in [0.25, 0.3) is 5.91 Å². The monoisotopic (exact) mass is 449 g/mol. The van der Waals surface area contributed by atoms with E-state index in [1.54, 1.807) is 48.5 Å². The zero-order valence-electron chi connectivity index (χ0n) is 17.5. The molecule has 164 valence electrons. The topological polar surface area (TPSA) is 75.9 Å². The molecule has 7 heteroatoms. The summed E-state index contributed by atoms with van der Waals surface area (Å²) in [5.74, 6) is 0.735. The fourth-order valence-corrected chi connectivity index (χ4v) is 3.89. The van der Waals surface area contributed by atoms with Gasteiger partial charge in [0.05, 0.1) is 0 Å². The van der Waals surface area contributed by atoms with E-state index in [2.05, 4.69) is 11.0 Å². The summed E-state index contributed by atoms with van der Waals surface area (Å²) in [4.78, 5) is 28.2.